The van der Waals surface area contributed by atoms with Gasteiger partial charge in [-0.05, 0) is 30.5 Å². The van der Waals surface area contributed by atoms with E-state index in [1.807, 2.05) is 19.9 Å². The molecule has 0 bridgehead atoms. The van der Waals surface area contributed by atoms with Crippen molar-refractivity contribution in [1.82, 2.24) is 5.32 Å². The van der Waals surface area contributed by atoms with Gasteiger partial charge in [0.05, 0.1) is 6.54 Å². The first-order chi connectivity index (χ1) is 11.9. The van der Waals surface area contributed by atoms with Gasteiger partial charge >= 0.3 is 5.97 Å². The Balaban J connectivity index is 1.94. The van der Waals surface area contributed by atoms with E-state index in [1.54, 1.807) is 23.1 Å². The van der Waals surface area contributed by atoms with Gasteiger partial charge in [0.1, 0.15) is 6.04 Å². The first kappa shape index (κ1) is 18.9. The number of anilines is 2. The third-order valence-corrected chi connectivity index (χ3v) is 4.48. The Morgan fingerprint density at radius 1 is 1.36 bits per heavy atom. The van der Waals surface area contributed by atoms with Crippen molar-refractivity contribution < 1.29 is 19.5 Å². The van der Waals surface area contributed by atoms with E-state index in [2.05, 4.69) is 10.6 Å². The molecule has 136 valence electrons. The largest absolute Gasteiger partial charge is 0.480 e. The molecule has 1 aromatic carbocycles. The standard InChI is InChI=1S/C18H25N3O4/c1-3-12(2)17(18(24)25)19-11-15(22)20-13-6-4-7-14(10-13)21-9-5-8-16(21)23/h4,6-7,10,12,17,19H,3,5,8-9,11H2,1-2H3,(H,20,22)(H,24,25)/t12-,17-/m0/s1. The normalized spacial score (nSPS) is 16.6. The topological polar surface area (TPSA) is 98.7 Å². The van der Waals surface area contributed by atoms with Crippen LogP contribution in [0.15, 0.2) is 24.3 Å². The molecule has 2 rings (SSSR count). The van der Waals surface area contributed by atoms with Gasteiger partial charge in [0, 0.05) is 24.3 Å². The van der Waals surface area contributed by atoms with E-state index in [9.17, 15) is 19.5 Å². The summed E-state index contributed by atoms with van der Waals surface area (Å²) in [5.74, 6) is -1.27. The minimum Gasteiger partial charge on any atom is -0.480 e. The maximum absolute atomic E-state index is 12.1. The second kappa shape index (κ2) is 8.62. The molecule has 7 nitrogen and oxygen atoms in total. The highest BCUT2D eigenvalue weighted by molar-refractivity contribution is 5.97. The molecule has 1 aromatic rings. The molecule has 2 atom stereocenters. The second-order valence-corrected chi connectivity index (χ2v) is 6.33. The number of carboxylic acid groups (broad SMARTS) is 1. The summed E-state index contributed by atoms with van der Waals surface area (Å²) in [6.45, 7) is 4.34. The molecule has 1 heterocycles. The van der Waals surface area contributed by atoms with Crippen molar-refractivity contribution in [3.05, 3.63) is 24.3 Å². The maximum Gasteiger partial charge on any atom is 0.320 e. The molecule has 1 aliphatic rings. The molecule has 0 spiro atoms. The average Bonchev–Trinajstić information content (AvgIpc) is 3.00. The van der Waals surface area contributed by atoms with E-state index >= 15 is 0 Å². The third-order valence-electron chi connectivity index (χ3n) is 4.48. The van der Waals surface area contributed by atoms with Gasteiger partial charge in [-0.1, -0.05) is 26.3 Å². The summed E-state index contributed by atoms with van der Waals surface area (Å²) in [6.07, 6.45) is 2.09. The van der Waals surface area contributed by atoms with Crippen LogP contribution < -0.4 is 15.5 Å². The number of amides is 2. The van der Waals surface area contributed by atoms with E-state index in [-0.39, 0.29) is 24.3 Å². The van der Waals surface area contributed by atoms with Crippen molar-refractivity contribution in [2.24, 2.45) is 5.92 Å². The molecule has 0 unspecified atom stereocenters. The number of aliphatic carboxylic acids is 1. The van der Waals surface area contributed by atoms with Gasteiger partial charge in [0.25, 0.3) is 0 Å². The van der Waals surface area contributed by atoms with Crippen LogP contribution in [0, 0.1) is 5.92 Å². The lowest BCUT2D eigenvalue weighted by atomic mass is 9.99. The average molecular weight is 347 g/mol. The first-order valence-corrected chi connectivity index (χ1v) is 8.58. The molecule has 1 aliphatic heterocycles. The predicted molar refractivity (Wildman–Crippen MR) is 95.5 cm³/mol. The zero-order valence-corrected chi connectivity index (χ0v) is 14.6. The van der Waals surface area contributed by atoms with Crippen molar-refractivity contribution >= 4 is 29.2 Å². The summed E-state index contributed by atoms with van der Waals surface area (Å²) in [5, 5.41) is 14.8. The summed E-state index contributed by atoms with van der Waals surface area (Å²) in [4.78, 5) is 36.9. The van der Waals surface area contributed by atoms with Crippen LogP contribution >= 0.6 is 0 Å². The summed E-state index contributed by atoms with van der Waals surface area (Å²) < 4.78 is 0. The van der Waals surface area contributed by atoms with Gasteiger partial charge in [-0.3, -0.25) is 19.7 Å². The Hall–Kier alpha value is -2.41. The highest BCUT2D eigenvalue weighted by Crippen LogP contribution is 2.24. The first-order valence-electron chi connectivity index (χ1n) is 8.58. The molecule has 1 fully saturated rings. The van der Waals surface area contributed by atoms with Gasteiger partial charge in [0.15, 0.2) is 0 Å². The van der Waals surface area contributed by atoms with Crippen LogP contribution in [0.3, 0.4) is 0 Å². The molecule has 0 radical (unpaired) electrons. The zero-order valence-electron chi connectivity index (χ0n) is 14.6. The van der Waals surface area contributed by atoms with E-state index < -0.39 is 12.0 Å². The van der Waals surface area contributed by atoms with E-state index in [1.165, 1.54) is 0 Å². The van der Waals surface area contributed by atoms with E-state index in [0.717, 1.165) is 12.1 Å². The second-order valence-electron chi connectivity index (χ2n) is 6.33. The van der Waals surface area contributed by atoms with E-state index in [0.29, 0.717) is 25.1 Å². The molecular weight excluding hydrogens is 322 g/mol. The number of hydrogen-bond donors (Lipinski definition) is 3. The summed E-state index contributed by atoms with van der Waals surface area (Å²) >= 11 is 0. The van der Waals surface area contributed by atoms with Crippen LogP contribution in [0.2, 0.25) is 0 Å². The van der Waals surface area contributed by atoms with Crippen molar-refractivity contribution in [2.75, 3.05) is 23.3 Å². The number of hydrogen-bond acceptors (Lipinski definition) is 4. The maximum atomic E-state index is 12.1. The van der Waals surface area contributed by atoms with Crippen molar-refractivity contribution in [2.45, 2.75) is 39.2 Å². The Bertz CT molecular complexity index is 647. The lowest BCUT2D eigenvalue weighted by molar-refractivity contribution is -0.140. The number of nitrogens with zero attached hydrogens (tertiary/aromatic N) is 1. The minimum atomic E-state index is -0.961. The van der Waals surface area contributed by atoms with Gasteiger partial charge < -0.3 is 15.3 Å². The molecule has 0 aliphatic carbocycles. The number of rotatable bonds is 8. The van der Waals surface area contributed by atoms with Crippen LogP contribution in [-0.2, 0) is 14.4 Å². The monoisotopic (exact) mass is 347 g/mol. The van der Waals surface area contributed by atoms with Gasteiger partial charge in [-0.2, -0.15) is 0 Å². The van der Waals surface area contributed by atoms with Crippen molar-refractivity contribution in [1.29, 1.82) is 0 Å². The van der Waals surface area contributed by atoms with Crippen LogP contribution in [-0.4, -0.2) is 42.0 Å². The Morgan fingerprint density at radius 2 is 2.12 bits per heavy atom. The lowest BCUT2D eigenvalue weighted by Crippen LogP contribution is -2.45. The highest BCUT2D eigenvalue weighted by Gasteiger charge is 2.24. The molecule has 2 amide bonds. The van der Waals surface area contributed by atoms with Crippen molar-refractivity contribution in [3.8, 4) is 0 Å². The number of carboxylic acids is 1. The summed E-state index contributed by atoms with van der Waals surface area (Å²) in [7, 11) is 0. The predicted octanol–water partition coefficient (Wildman–Crippen LogP) is 1.84. The molecule has 0 saturated carbocycles. The highest BCUT2D eigenvalue weighted by atomic mass is 16.4. The lowest BCUT2D eigenvalue weighted by Gasteiger charge is -2.20. The van der Waals surface area contributed by atoms with Crippen LogP contribution in [0.25, 0.3) is 0 Å². The molecule has 3 N–H and O–H groups in total. The fraction of sp³-hybridized carbons (Fsp3) is 0.500. The number of nitrogens with one attached hydrogen (secondary N) is 2. The minimum absolute atomic E-state index is 0.0743. The Kier molecular flexibility index (Phi) is 6.52. The number of carbonyl (C=O) groups is 3. The molecule has 25 heavy (non-hydrogen) atoms. The van der Waals surface area contributed by atoms with Crippen LogP contribution in [0.5, 0.6) is 0 Å². The molecule has 0 aromatic heterocycles. The van der Waals surface area contributed by atoms with E-state index in [4.69, 9.17) is 0 Å². The van der Waals surface area contributed by atoms with Gasteiger partial charge in [0.2, 0.25) is 11.8 Å². The molecule has 7 heteroatoms. The van der Waals surface area contributed by atoms with Gasteiger partial charge in [-0.25, -0.2) is 0 Å². The summed E-state index contributed by atoms with van der Waals surface area (Å²) in [5.41, 5.74) is 1.34. The third kappa shape index (κ3) is 5.03. The van der Waals surface area contributed by atoms with Crippen LogP contribution in [0.1, 0.15) is 33.1 Å². The van der Waals surface area contributed by atoms with Crippen LogP contribution in [0.4, 0.5) is 11.4 Å². The SMILES string of the molecule is CC[C@H](C)[C@H](NCC(=O)Nc1cccc(N2CCCC2=O)c1)C(=O)O. The number of carbonyl (C=O) groups excluding carboxylic acids is 2. The summed E-state index contributed by atoms with van der Waals surface area (Å²) in [6, 6.07) is 6.35. The fourth-order valence-electron chi connectivity index (χ4n) is 2.85. The molecule has 1 saturated heterocycles. The number of benzene rings is 1. The molecular formula is C18H25N3O4. The van der Waals surface area contributed by atoms with Gasteiger partial charge in [-0.15, -0.1) is 0 Å². The zero-order chi connectivity index (χ0) is 18.4. The Morgan fingerprint density at radius 3 is 2.72 bits per heavy atom. The smallest absolute Gasteiger partial charge is 0.320 e. The quantitative estimate of drug-likeness (QED) is 0.666. The Labute approximate surface area is 147 Å². The fourth-order valence-corrected chi connectivity index (χ4v) is 2.85. The van der Waals surface area contributed by atoms with Crippen molar-refractivity contribution in [3.63, 3.8) is 0 Å².